The summed E-state index contributed by atoms with van der Waals surface area (Å²) in [6.45, 7) is 3.92. The van der Waals surface area contributed by atoms with Crippen molar-refractivity contribution in [2.75, 3.05) is 19.0 Å². The van der Waals surface area contributed by atoms with Crippen molar-refractivity contribution in [3.63, 3.8) is 0 Å². The standard InChI is InChI=1S/C13H17ClN4O.HI/c1-13(2,7-15)8-17-12(16)18-9-4-5-11(19-3)10(14)6-9;/h4-6H,8H2,1-3H3,(H3,16,17,18);1H. The summed E-state index contributed by atoms with van der Waals surface area (Å²) in [5, 5.41) is 12.3. The van der Waals surface area contributed by atoms with Gasteiger partial charge in [0.05, 0.1) is 30.2 Å². The van der Waals surface area contributed by atoms with E-state index < -0.39 is 5.41 Å². The third-order valence-corrected chi connectivity index (χ3v) is 2.67. The first-order valence-corrected chi connectivity index (χ1v) is 6.07. The minimum atomic E-state index is -0.538. The molecular weight excluding hydrogens is 391 g/mol. The van der Waals surface area contributed by atoms with Crippen LogP contribution in [0.1, 0.15) is 13.8 Å². The van der Waals surface area contributed by atoms with Gasteiger partial charge in [-0.15, -0.1) is 24.0 Å². The summed E-state index contributed by atoms with van der Waals surface area (Å²) in [6.07, 6.45) is 0. The SMILES string of the molecule is COc1ccc(NC(N)=NCC(C)(C)C#N)cc1Cl.I. The molecule has 5 nitrogen and oxygen atoms in total. The Morgan fingerprint density at radius 3 is 2.70 bits per heavy atom. The molecule has 0 aliphatic carbocycles. The first-order chi connectivity index (χ1) is 8.88. The monoisotopic (exact) mass is 408 g/mol. The van der Waals surface area contributed by atoms with Crippen molar-refractivity contribution in [3.05, 3.63) is 23.2 Å². The fourth-order valence-corrected chi connectivity index (χ4v) is 1.51. The van der Waals surface area contributed by atoms with Crippen molar-refractivity contribution in [1.82, 2.24) is 0 Å². The molecule has 0 radical (unpaired) electrons. The average molecular weight is 409 g/mol. The molecule has 0 heterocycles. The number of aliphatic imine (C=N–C) groups is 1. The van der Waals surface area contributed by atoms with E-state index in [1.54, 1.807) is 39.2 Å². The number of guanidine groups is 1. The van der Waals surface area contributed by atoms with Crippen LogP contribution in [0, 0.1) is 16.7 Å². The Hall–Kier alpha value is -1.20. The van der Waals surface area contributed by atoms with Gasteiger partial charge < -0.3 is 15.8 Å². The molecule has 1 rings (SSSR count). The van der Waals surface area contributed by atoms with Crippen molar-refractivity contribution in [3.8, 4) is 11.8 Å². The van der Waals surface area contributed by atoms with Gasteiger partial charge in [0.25, 0.3) is 0 Å². The van der Waals surface area contributed by atoms with Crippen LogP contribution in [-0.4, -0.2) is 19.6 Å². The Balaban J connectivity index is 0.00000361. The number of rotatable bonds is 4. The molecule has 1 aromatic rings. The van der Waals surface area contributed by atoms with Crippen LogP contribution in [0.4, 0.5) is 5.69 Å². The van der Waals surface area contributed by atoms with Crippen molar-refractivity contribution in [2.45, 2.75) is 13.8 Å². The van der Waals surface area contributed by atoms with Gasteiger partial charge in [0, 0.05) is 5.69 Å². The number of nitriles is 1. The Bertz CT molecular complexity index is 526. The summed E-state index contributed by atoms with van der Waals surface area (Å²) in [7, 11) is 1.55. The van der Waals surface area contributed by atoms with Gasteiger partial charge in [-0.2, -0.15) is 5.26 Å². The van der Waals surface area contributed by atoms with Gasteiger partial charge in [0.2, 0.25) is 0 Å². The van der Waals surface area contributed by atoms with E-state index in [4.69, 9.17) is 27.3 Å². The minimum Gasteiger partial charge on any atom is -0.495 e. The highest BCUT2D eigenvalue weighted by atomic mass is 127. The number of anilines is 1. The third kappa shape index (κ3) is 5.84. The average Bonchev–Trinajstić information content (AvgIpc) is 2.37. The molecule has 0 aliphatic heterocycles. The molecule has 1 aromatic carbocycles. The second-order valence-corrected chi connectivity index (χ2v) is 5.08. The summed E-state index contributed by atoms with van der Waals surface area (Å²) >= 11 is 6.00. The zero-order chi connectivity index (χ0) is 14.5. The molecular formula is C13H18ClIN4O. The molecule has 0 spiro atoms. The number of nitrogens with two attached hydrogens (primary N) is 1. The van der Waals surface area contributed by atoms with Gasteiger partial charge in [-0.3, -0.25) is 4.99 Å². The molecule has 110 valence electrons. The largest absolute Gasteiger partial charge is 0.495 e. The Labute approximate surface area is 141 Å². The van der Waals surface area contributed by atoms with Crippen LogP contribution in [0.15, 0.2) is 23.2 Å². The summed E-state index contributed by atoms with van der Waals surface area (Å²) < 4.78 is 5.05. The number of methoxy groups -OCH3 is 1. The van der Waals surface area contributed by atoms with Crippen LogP contribution in [0.2, 0.25) is 5.02 Å². The maximum Gasteiger partial charge on any atom is 0.193 e. The molecule has 0 saturated carbocycles. The summed E-state index contributed by atoms with van der Waals surface area (Å²) in [5.41, 5.74) is 5.92. The fourth-order valence-electron chi connectivity index (χ4n) is 1.25. The van der Waals surface area contributed by atoms with Gasteiger partial charge in [-0.05, 0) is 32.0 Å². The lowest BCUT2D eigenvalue weighted by Gasteiger charge is -2.13. The molecule has 0 bridgehead atoms. The molecule has 0 saturated heterocycles. The Morgan fingerprint density at radius 1 is 1.55 bits per heavy atom. The van der Waals surface area contributed by atoms with Crippen LogP contribution in [0.3, 0.4) is 0 Å². The van der Waals surface area contributed by atoms with Gasteiger partial charge in [-0.25, -0.2) is 0 Å². The summed E-state index contributed by atoms with van der Waals surface area (Å²) in [5.74, 6) is 0.831. The molecule has 0 aromatic heterocycles. The van der Waals surface area contributed by atoms with E-state index >= 15 is 0 Å². The highest BCUT2D eigenvalue weighted by Gasteiger charge is 2.15. The van der Waals surface area contributed by atoms with Crippen LogP contribution >= 0.6 is 35.6 Å². The van der Waals surface area contributed by atoms with Crippen molar-refractivity contribution >= 4 is 47.2 Å². The van der Waals surface area contributed by atoms with Gasteiger partial charge >= 0.3 is 0 Å². The normalized spacial score (nSPS) is 11.2. The van der Waals surface area contributed by atoms with Crippen LogP contribution in [0.25, 0.3) is 0 Å². The smallest absolute Gasteiger partial charge is 0.193 e. The number of nitrogens with zero attached hydrogens (tertiary/aromatic N) is 2. The van der Waals surface area contributed by atoms with E-state index in [0.29, 0.717) is 23.0 Å². The number of halogens is 2. The maximum atomic E-state index is 8.88. The maximum absolute atomic E-state index is 8.88. The molecule has 0 atom stereocenters. The van der Waals surface area contributed by atoms with Crippen molar-refractivity contribution in [2.24, 2.45) is 16.1 Å². The minimum absolute atomic E-state index is 0. The Kier molecular flexibility index (Phi) is 7.68. The lowest BCUT2D eigenvalue weighted by molar-refractivity contribution is 0.415. The fraction of sp³-hybridized carbons (Fsp3) is 0.385. The molecule has 3 N–H and O–H groups in total. The van der Waals surface area contributed by atoms with Crippen LogP contribution in [-0.2, 0) is 0 Å². The summed E-state index contributed by atoms with van der Waals surface area (Å²) in [4.78, 5) is 4.12. The molecule has 7 heteroatoms. The zero-order valence-corrected chi connectivity index (χ0v) is 14.7. The van der Waals surface area contributed by atoms with E-state index in [1.165, 1.54) is 0 Å². The first kappa shape index (κ1) is 18.8. The highest BCUT2D eigenvalue weighted by molar-refractivity contribution is 14.0. The third-order valence-electron chi connectivity index (χ3n) is 2.37. The van der Waals surface area contributed by atoms with Crippen molar-refractivity contribution < 1.29 is 4.74 Å². The predicted molar refractivity (Wildman–Crippen MR) is 92.9 cm³/mol. The zero-order valence-electron chi connectivity index (χ0n) is 11.6. The van der Waals surface area contributed by atoms with E-state index in [9.17, 15) is 0 Å². The summed E-state index contributed by atoms with van der Waals surface area (Å²) in [6, 6.07) is 7.36. The highest BCUT2D eigenvalue weighted by Crippen LogP contribution is 2.27. The molecule has 0 unspecified atom stereocenters. The molecule has 0 amide bonds. The second-order valence-electron chi connectivity index (χ2n) is 4.67. The van der Waals surface area contributed by atoms with Gasteiger partial charge in [0.1, 0.15) is 5.75 Å². The number of ether oxygens (including phenoxy) is 1. The lowest BCUT2D eigenvalue weighted by atomic mass is 9.96. The second kappa shape index (κ2) is 8.17. The predicted octanol–water partition coefficient (Wildman–Crippen LogP) is 3.24. The number of benzene rings is 1. The molecule has 0 fully saturated rings. The van der Waals surface area contributed by atoms with E-state index in [0.717, 1.165) is 0 Å². The topological polar surface area (TPSA) is 83.4 Å². The number of hydrogen-bond donors (Lipinski definition) is 2. The van der Waals surface area contributed by atoms with Crippen molar-refractivity contribution in [1.29, 1.82) is 5.26 Å². The van der Waals surface area contributed by atoms with Crippen LogP contribution < -0.4 is 15.8 Å². The number of nitrogens with one attached hydrogen (secondary N) is 1. The lowest BCUT2D eigenvalue weighted by Crippen LogP contribution is -2.25. The van der Waals surface area contributed by atoms with Gasteiger partial charge in [-0.1, -0.05) is 11.6 Å². The van der Waals surface area contributed by atoms with E-state index in [2.05, 4.69) is 16.4 Å². The van der Waals surface area contributed by atoms with E-state index in [-0.39, 0.29) is 29.9 Å². The Morgan fingerprint density at radius 2 is 2.20 bits per heavy atom. The van der Waals surface area contributed by atoms with Crippen LogP contribution in [0.5, 0.6) is 5.75 Å². The van der Waals surface area contributed by atoms with E-state index in [1.807, 2.05) is 0 Å². The first-order valence-electron chi connectivity index (χ1n) is 5.70. The molecule has 0 aliphatic rings. The number of hydrogen-bond acceptors (Lipinski definition) is 3. The van der Waals surface area contributed by atoms with Gasteiger partial charge in [0.15, 0.2) is 5.96 Å². The molecule has 20 heavy (non-hydrogen) atoms. The quantitative estimate of drug-likeness (QED) is 0.455.